The number of carbonyl (C=O) groups is 3. The molecule has 0 unspecified atom stereocenters. The second-order valence-corrected chi connectivity index (χ2v) is 7.75. The summed E-state index contributed by atoms with van der Waals surface area (Å²) in [7, 11) is 0. The highest BCUT2D eigenvalue weighted by Gasteiger charge is 2.54. The molecule has 150 valence electrons. The van der Waals surface area contributed by atoms with E-state index in [4.69, 9.17) is 5.26 Å². The minimum absolute atomic E-state index is 0.196. The van der Waals surface area contributed by atoms with Crippen molar-refractivity contribution in [2.45, 2.75) is 13.5 Å². The molecular weight excluding hydrogens is 378 g/mol. The highest BCUT2D eigenvalue weighted by atomic mass is 16.2. The standard InChI is InChI=1S/C24H21N3O3/c1-15-10-11-19-21(20(15)22(28)26-18-9-5-8-17(12-18)13-25)24(30)27(23(19)29)14-16-6-3-2-4-7-16/h2-12,15,19-21H,14H2,1H3,(H,26,28)/t15-,19+,20+,21-/m1/s1. The number of likely N-dealkylation sites (tertiary alicyclic amines) is 1. The Hall–Kier alpha value is -3.72. The van der Waals surface area contributed by atoms with Gasteiger partial charge in [-0.2, -0.15) is 5.26 Å². The predicted octanol–water partition coefficient (Wildman–Crippen LogP) is 3.12. The second kappa shape index (κ2) is 7.96. The van der Waals surface area contributed by atoms with E-state index in [9.17, 15) is 14.4 Å². The van der Waals surface area contributed by atoms with Crippen molar-refractivity contribution in [3.8, 4) is 6.07 Å². The Bertz CT molecular complexity index is 1070. The first kappa shape index (κ1) is 19.6. The summed E-state index contributed by atoms with van der Waals surface area (Å²) in [4.78, 5) is 40.6. The van der Waals surface area contributed by atoms with Gasteiger partial charge in [-0.05, 0) is 29.7 Å². The molecule has 0 bridgehead atoms. The van der Waals surface area contributed by atoms with Crippen LogP contribution in [0, 0.1) is 35.0 Å². The molecule has 1 N–H and O–H groups in total. The van der Waals surface area contributed by atoms with Gasteiger partial charge in [-0.25, -0.2) is 0 Å². The van der Waals surface area contributed by atoms with Crippen LogP contribution in [0.15, 0.2) is 66.7 Å². The number of fused-ring (bicyclic) bond motifs is 1. The van der Waals surface area contributed by atoms with Crippen LogP contribution >= 0.6 is 0 Å². The zero-order chi connectivity index (χ0) is 21.3. The number of nitriles is 1. The average molecular weight is 399 g/mol. The number of hydrogen-bond acceptors (Lipinski definition) is 4. The number of carbonyl (C=O) groups excluding carboxylic acids is 3. The number of anilines is 1. The van der Waals surface area contributed by atoms with Gasteiger partial charge in [-0.15, -0.1) is 0 Å². The molecule has 1 aliphatic carbocycles. The number of benzene rings is 2. The van der Waals surface area contributed by atoms with Gasteiger partial charge in [0.25, 0.3) is 0 Å². The molecular formula is C24H21N3O3. The highest BCUT2D eigenvalue weighted by molar-refractivity contribution is 6.09. The SMILES string of the molecule is C[C@@H]1C=C[C@@H]2C(=O)N(Cc3ccccc3)C(=O)[C@H]2[C@H]1C(=O)Nc1cccc(C#N)c1. The molecule has 1 saturated heterocycles. The van der Waals surface area contributed by atoms with E-state index in [1.165, 1.54) is 4.90 Å². The summed E-state index contributed by atoms with van der Waals surface area (Å²) < 4.78 is 0. The third kappa shape index (κ3) is 3.50. The molecule has 1 heterocycles. The Labute approximate surface area is 174 Å². The van der Waals surface area contributed by atoms with Gasteiger partial charge in [-0.3, -0.25) is 19.3 Å². The van der Waals surface area contributed by atoms with E-state index in [2.05, 4.69) is 5.32 Å². The molecule has 0 saturated carbocycles. The molecule has 2 aromatic rings. The maximum Gasteiger partial charge on any atom is 0.237 e. The van der Waals surface area contributed by atoms with E-state index >= 15 is 0 Å². The topological polar surface area (TPSA) is 90.3 Å². The van der Waals surface area contributed by atoms with Gasteiger partial charge in [0.1, 0.15) is 0 Å². The highest BCUT2D eigenvalue weighted by Crippen LogP contribution is 2.42. The van der Waals surface area contributed by atoms with Crippen LogP contribution in [0.3, 0.4) is 0 Å². The van der Waals surface area contributed by atoms with E-state index in [1.807, 2.05) is 49.4 Å². The lowest BCUT2D eigenvalue weighted by atomic mass is 9.71. The summed E-state index contributed by atoms with van der Waals surface area (Å²) in [5, 5.41) is 11.9. The molecule has 2 aromatic carbocycles. The Morgan fingerprint density at radius 2 is 1.83 bits per heavy atom. The summed E-state index contributed by atoms with van der Waals surface area (Å²) in [6.45, 7) is 2.08. The normalized spacial score (nSPS) is 25.0. The number of rotatable bonds is 4. The molecule has 30 heavy (non-hydrogen) atoms. The molecule has 0 spiro atoms. The molecule has 6 heteroatoms. The lowest BCUT2D eigenvalue weighted by Gasteiger charge is -2.30. The van der Waals surface area contributed by atoms with Crippen LogP contribution < -0.4 is 5.32 Å². The molecule has 1 fully saturated rings. The van der Waals surface area contributed by atoms with Crippen molar-refractivity contribution < 1.29 is 14.4 Å². The summed E-state index contributed by atoms with van der Waals surface area (Å²) >= 11 is 0. The number of nitrogens with zero attached hydrogens (tertiary/aromatic N) is 2. The summed E-state index contributed by atoms with van der Waals surface area (Å²) in [5.74, 6) is -3.10. The van der Waals surface area contributed by atoms with Crippen LogP contribution in [-0.4, -0.2) is 22.6 Å². The maximum absolute atomic E-state index is 13.2. The zero-order valence-corrected chi connectivity index (χ0v) is 16.5. The molecule has 0 aromatic heterocycles. The van der Waals surface area contributed by atoms with Gasteiger partial charge in [-0.1, -0.05) is 55.5 Å². The minimum Gasteiger partial charge on any atom is -0.326 e. The van der Waals surface area contributed by atoms with Crippen molar-refractivity contribution in [3.05, 3.63) is 77.9 Å². The van der Waals surface area contributed by atoms with E-state index in [-0.39, 0.29) is 30.2 Å². The van der Waals surface area contributed by atoms with Gasteiger partial charge >= 0.3 is 0 Å². The summed E-state index contributed by atoms with van der Waals surface area (Å²) in [6.07, 6.45) is 3.61. The fourth-order valence-corrected chi connectivity index (χ4v) is 4.31. The Morgan fingerprint density at radius 1 is 1.07 bits per heavy atom. The summed E-state index contributed by atoms with van der Waals surface area (Å²) in [6, 6.07) is 18.0. The first-order chi connectivity index (χ1) is 14.5. The first-order valence-electron chi connectivity index (χ1n) is 9.88. The van der Waals surface area contributed by atoms with E-state index < -0.39 is 17.8 Å². The van der Waals surface area contributed by atoms with Gasteiger partial charge in [0, 0.05) is 5.69 Å². The van der Waals surface area contributed by atoms with Crippen molar-refractivity contribution in [3.63, 3.8) is 0 Å². The number of hydrogen-bond donors (Lipinski definition) is 1. The van der Waals surface area contributed by atoms with E-state index in [0.29, 0.717) is 11.3 Å². The van der Waals surface area contributed by atoms with Gasteiger partial charge in [0.2, 0.25) is 17.7 Å². The van der Waals surface area contributed by atoms with Gasteiger partial charge in [0.05, 0.1) is 35.9 Å². The number of imide groups is 1. The quantitative estimate of drug-likeness (QED) is 0.632. The van der Waals surface area contributed by atoms with Crippen molar-refractivity contribution in [2.75, 3.05) is 5.32 Å². The largest absolute Gasteiger partial charge is 0.326 e. The second-order valence-electron chi connectivity index (χ2n) is 7.75. The molecule has 6 nitrogen and oxygen atoms in total. The molecule has 1 aliphatic heterocycles. The third-order valence-corrected chi connectivity index (χ3v) is 5.81. The molecule has 3 amide bonds. The van der Waals surface area contributed by atoms with Crippen LogP contribution in [0.4, 0.5) is 5.69 Å². The van der Waals surface area contributed by atoms with Crippen molar-refractivity contribution in [1.29, 1.82) is 5.26 Å². The van der Waals surface area contributed by atoms with Crippen LogP contribution in [0.25, 0.3) is 0 Å². The maximum atomic E-state index is 13.2. The fourth-order valence-electron chi connectivity index (χ4n) is 4.31. The molecule has 4 atom stereocenters. The predicted molar refractivity (Wildman–Crippen MR) is 111 cm³/mol. The van der Waals surface area contributed by atoms with Gasteiger partial charge < -0.3 is 5.32 Å². The van der Waals surface area contributed by atoms with Crippen molar-refractivity contribution in [1.82, 2.24) is 4.90 Å². The summed E-state index contributed by atoms with van der Waals surface area (Å²) in [5.41, 5.74) is 1.79. The molecule has 4 rings (SSSR count). The van der Waals surface area contributed by atoms with E-state index in [1.54, 1.807) is 30.3 Å². The van der Waals surface area contributed by atoms with Crippen LogP contribution in [0.2, 0.25) is 0 Å². The lowest BCUT2D eigenvalue weighted by Crippen LogP contribution is -2.41. The van der Waals surface area contributed by atoms with Crippen molar-refractivity contribution in [2.24, 2.45) is 23.7 Å². The van der Waals surface area contributed by atoms with E-state index in [0.717, 1.165) is 5.56 Å². The van der Waals surface area contributed by atoms with Crippen molar-refractivity contribution >= 4 is 23.4 Å². The first-order valence-corrected chi connectivity index (χ1v) is 9.88. The number of amides is 3. The lowest BCUT2D eigenvalue weighted by molar-refractivity contribution is -0.142. The molecule has 0 radical (unpaired) electrons. The fraction of sp³-hybridized carbons (Fsp3) is 0.250. The molecule has 2 aliphatic rings. The van der Waals surface area contributed by atoms with Crippen LogP contribution in [0.5, 0.6) is 0 Å². The third-order valence-electron chi connectivity index (χ3n) is 5.81. The van der Waals surface area contributed by atoms with Crippen LogP contribution in [-0.2, 0) is 20.9 Å². The number of nitrogens with one attached hydrogen (secondary N) is 1. The zero-order valence-electron chi connectivity index (χ0n) is 16.5. The Morgan fingerprint density at radius 3 is 2.57 bits per heavy atom. The smallest absolute Gasteiger partial charge is 0.237 e. The average Bonchev–Trinajstić information content (AvgIpc) is 2.99. The Balaban J connectivity index is 1.59. The van der Waals surface area contributed by atoms with Gasteiger partial charge in [0.15, 0.2) is 0 Å². The minimum atomic E-state index is -0.722. The number of allylic oxidation sites excluding steroid dienone is 1. The van der Waals surface area contributed by atoms with Crippen LogP contribution in [0.1, 0.15) is 18.1 Å². The monoisotopic (exact) mass is 399 g/mol. The Kier molecular flexibility index (Phi) is 5.20.